The molecule has 1 atom stereocenters. The Labute approximate surface area is 187 Å². The van der Waals surface area contributed by atoms with Gasteiger partial charge < -0.3 is 15.0 Å². The fourth-order valence-electron chi connectivity index (χ4n) is 3.09. The highest BCUT2D eigenvalue weighted by Gasteiger charge is 2.27. The van der Waals surface area contributed by atoms with Crippen molar-refractivity contribution in [2.24, 2.45) is 0 Å². The lowest BCUT2D eigenvalue weighted by Gasteiger charge is -2.29. The molecule has 0 aliphatic heterocycles. The Balaban J connectivity index is 2.19. The summed E-state index contributed by atoms with van der Waals surface area (Å²) < 4.78 is 6.84. The minimum atomic E-state index is -0.618. The van der Waals surface area contributed by atoms with Gasteiger partial charge in [0.15, 0.2) is 6.61 Å². The molecule has 5 nitrogen and oxygen atoms in total. The number of hydrogen-bond acceptors (Lipinski definition) is 3. The quantitative estimate of drug-likeness (QED) is 0.562. The number of carbonyl (C=O) groups excluding carboxylic acids is 2. The Hall–Kier alpha value is -2.34. The van der Waals surface area contributed by atoms with Crippen LogP contribution in [0.2, 0.25) is 0 Å². The molecule has 0 aromatic heterocycles. The summed E-state index contributed by atoms with van der Waals surface area (Å²) in [4.78, 5) is 27.3. The van der Waals surface area contributed by atoms with Gasteiger partial charge in [-0.1, -0.05) is 60.1 Å². The number of halogens is 1. The summed E-state index contributed by atoms with van der Waals surface area (Å²) in [6.45, 7) is 9.92. The van der Waals surface area contributed by atoms with E-state index in [0.29, 0.717) is 12.3 Å². The van der Waals surface area contributed by atoms with Crippen LogP contribution in [-0.2, 0) is 16.1 Å². The van der Waals surface area contributed by atoms with Gasteiger partial charge in [-0.2, -0.15) is 0 Å². The Morgan fingerprint density at radius 2 is 1.63 bits per heavy atom. The molecule has 0 saturated heterocycles. The monoisotopic (exact) mass is 474 g/mol. The third-order valence-electron chi connectivity index (χ3n) is 4.76. The van der Waals surface area contributed by atoms with Gasteiger partial charge in [0.2, 0.25) is 5.91 Å². The molecule has 0 bridgehead atoms. The summed E-state index contributed by atoms with van der Waals surface area (Å²) in [5.41, 5.74) is 1.99. The van der Waals surface area contributed by atoms with Gasteiger partial charge in [-0.25, -0.2) is 0 Å². The number of nitrogens with zero attached hydrogens (tertiary/aromatic N) is 1. The molecule has 0 aliphatic carbocycles. The Morgan fingerprint density at radius 1 is 1.00 bits per heavy atom. The number of nitrogens with one attached hydrogen (secondary N) is 1. The molecule has 2 rings (SSSR count). The summed E-state index contributed by atoms with van der Waals surface area (Å²) in [5.74, 6) is 0.565. The van der Waals surface area contributed by atoms with Gasteiger partial charge in [0.05, 0.1) is 0 Å². The Kier molecular flexibility index (Phi) is 8.90. The largest absolute Gasteiger partial charge is 0.483 e. The van der Waals surface area contributed by atoms with Crippen molar-refractivity contribution in [3.8, 4) is 5.75 Å². The zero-order chi connectivity index (χ0) is 22.3. The molecule has 162 valence electrons. The first-order valence-electron chi connectivity index (χ1n) is 10.2. The zero-order valence-electron chi connectivity index (χ0n) is 18.3. The molecule has 6 heteroatoms. The molecule has 2 aromatic carbocycles. The van der Waals surface area contributed by atoms with Crippen molar-refractivity contribution >= 4 is 27.7 Å². The van der Waals surface area contributed by atoms with E-state index in [9.17, 15) is 9.59 Å². The molecule has 0 saturated carbocycles. The van der Waals surface area contributed by atoms with Gasteiger partial charge >= 0.3 is 0 Å². The van der Waals surface area contributed by atoms with Crippen molar-refractivity contribution in [3.63, 3.8) is 0 Å². The fraction of sp³-hybridized carbons (Fsp3) is 0.417. The lowest BCUT2D eigenvalue weighted by molar-refractivity contribution is -0.142. The molecular formula is C24H31BrN2O3. The summed E-state index contributed by atoms with van der Waals surface area (Å²) in [6.07, 6.45) is 0. The Bertz CT molecular complexity index is 850. The fourth-order valence-corrected chi connectivity index (χ4v) is 3.35. The van der Waals surface area contributed by atoms with E-state index in [-0.39, 0.29) is 30.4 Å². The smallest absolute Gasteiger partial charge is 0.261 e. The maximum Gasteiger partial charge on any atom is 0.261 e. The van der Waals surface area contributed by atoms with Crippen molar-refractivity contribution < 1.29 is 14.3 Å². The molecule has 0 spiro atoms. The molecule has 0 heterocycles. The second-order valence-corrected chi connectivity index (χ2v) is 8.88. The Morgan fingerprint density at radius 3 is 2.23 bits per heavy atom. The van der Waals surface area contributed by atoms with Crippen LogP contribution < -0.4 is 10.1 Å². The van der Waals surface area contributed by atoms with Crippen LogP contribution in [0.25, 0.3) is 0 Å². The van der Waals surface area contributed by atoms with Crippen LogP contribution in [0.15, 0.2) is 53.0 Å². The van der Waals surface area contributed by atoms with Crippen molar-refractivity contribution in [1.29, 1.82) is 0 Å². The third-order valence-corrected chi connectivity index (χ3v) is 5.29. The van der Waals surface area contributed by atoms with Crippen molar-refractivity contribution in [2.45, 2.75) is 59.2 Å². The van der Waals surface area contributed by atoms with Crippen LogP contribution in [0.4, 0.5) is 0 Å². The van der Waals surface area contributed by atoms with Crippen LogP contribution in [0.1, 0.15) is 51.7 Å². The molecule has 2 amide bonds. The number of ether oxygens (including phenoxy) is 1. The lowest BCUT2D eigenvalue weighted by atomic mass is 10.0. The molecule has 1 N–H and O–H groups in total. The van der Waals surface area contributed by atoms with Crippen molar-refractivity contribution in [2.75, 3.05) is 6.61 Å². The summed E-state index contributed by atoms with van der Waals surface area (Å²) >= 11 is 3.42. The number of rotatable bonds is 9. The van der Waals surface area contributed by atoms with E-state index in [1.165, 1.54) is 0 Å². The summed E-state index contributed by atoms with van der Waals surface area (Å²) in [7, 11) is 0. The van der Waals surface area contributed by atoms with Crippen LogP contribution in [-0.4, -0.2) is 35.4 Å². The first-order chi connectivity index (χ1) is 14.2. The van der Waals surface area contributed by atoms with E-state index in [4.69, 9.17) is 4.74 Å². The van der Waals surface area contributed by atoms with Gasteiger partial charge in [0, 0.05) is 17.1 Å². The highest BCUT2D eigenvalue weighted by molar-refractivity contribution is 9.10. The SMILES string of the molecule is CC(C)NC(=O)[C@H](C)N(Cc1ccc(Br)cc1)C(=O)COc1ccccc1C(C)C. The van der Waals surface area contributed by atoms with Crippen LogP contribution in [0.5, 0.6) is 5.75 Å². The summed E-state index contributed by atoms with van der Waals surface area (Å²) in [5, 5.41) is 2.89. The molecule has 0 radical (unpaired) electrons. The van der Waals surface area contributed by atoms with Crippen LogP contribution >= 0.6 is 15.9 Å². The molecule has 2 aromatic rings. The normalized spacial score (nSPS) is 12.0. The van der Waals surface area contributed by atoms with E-state index in [2.05, 4.69) is 35.1 Å². The zero-order valence-corrected chi connectivity index (χ0v) is 19.9. The average Bonchev–Trinajstić information content (AvgIpc) is 2.70. The van der Waals surface area contributed by atoms with E-state index in [0.717, 1.165) is 15.6 Å². The van der Waals surface area contributed by atoms with Crippen LogP contribution in [0, 0.1) is 0 Å². The van der Waals surface area contributed by atoms with Gasteiger partial charge in [0.1, 0.15) is 11.8 Å². The van der Waals surface area contributed by atoms with Gasteiger partial charge in [-0.05, 0) is 56.0 Å². The van der Waals surface area contributed by atoms with E-state index in [1.54, 1.807) is 11.8 Å². The number of carbonyl (C=O) groups is 2. The summed E-state index contributed by atoms with van der Waals surface area (Å²) in [6, 6.07) is 14.8. The third kappa shape index (κ3) is 6.87. The highest BCUT2D eigenvalue weighted by Crippen LogP contribution is 2.26. The molecule has 30 heavy (non-hydrogen) atoms. The van der Waals surface area contributed by atoms with Gasteiger partial charge in [0.25, 0.3) is 5.91 Å². The number of amides is 2. The first kappa shape index (κ1) is 23.9. The maximum atomic E-state index is 13.1. The maximum absolute atomic E-state index is 13.1. The van der Waals surface area contributed by atoms with E-state index < -0.39 is 6.04 Å². The minimum absolute atomic E-state index is 0.00116. The average molecular weight is 475 g/mol. The molecule has 0 aliphatic rings. The van der Waals surface area contributed by atoms with E-state index >= 15 is 0 Å². The topological polar surface area (TPSA) is 58.6 Å². The van der Waals surface area contributed by atoms with Crippen LogP contribution in [0.3, 0.4) is 0 Å². The lowest BCUT2D eigenvalue weighted by Crippen LogP contribution is -2.50. The number of para-hydroxylation sites is 1. The highest BCUT2D eigenvalue weighted by atomic mass is 79.9. The van der Waals surface area contributed by atoms with Crippen molar-refractivity contribution in [3.05, 3.63) is 64.1 Å². The van der Waals surface area contributed by atoms with Gasteiger partial charge in [-0.3, -0.25) is 9.59 Å². The second kappa shape index (κ2) is 11.2. The predicted octanol–water partition coefficient (Wildman–Crippen LogP) is 4.89. The second-order valence-electron chi connectivity index (χ2n) is 7.97. The molecule has 0 unspecified atom stereocenters. The molecule has 0 fully saturated rings. The first-order valence-corrected chi connectivity index (χ1v) is 11.0. The molecular weight excluding hydrogens is 444 g/mol. The predicted molar refractivity (Wildman–Crippen MR) is 123 cm³/mol. The number of hydrogen-bond donors (Lipinski definition) is 1. The minimum Gasteiger partial charge on any atom is -0.483 e. The standard InChI is InChI=1S/C24H31BrN2O3/c1-16(2)21-8-6-7-9-22(21)30-15-23(28)27(18(5)24(29)26-17(3)4)14-19-10-12-20(25)13-11-19/h6-13,16-18H,14-15H2,1-5H3,(H,26,29)/t18-/m0/s1. The van der Waals surface area contributed by atoms with E-state index in [1.807, 2.05) is 62.4 Å². The van der Waals surface area contributed by atoms with Gasteiger partial charge in [-0.15, -0.1) is 0 Å². The van der Waals surface area contributed by atoms with Crippen molar-refractivity contribution in [1.82, 2.24) is 10.2 Å². The number of benzene rings is 2.